The van der Waals surface area contributed by atoms with Crippen molar-refractivity contribution in [3.63, 3.8) is 0 Å². The van der Waals surface area contributed by atoms with Crippen LogP contribution >= 0.6 is 0 Å². The summed E-state index contributed by atoms with van der Waals surface area (Å²) in [5.41, 5.74) is 0. The average molecular weight is 907 g/mol. The molecular formula is C50H98O13. The number of ether oxygens (including phenoxy) is 11. The van der Waals surface area contributed by atoms with Crippen LogP contribution in [0.2, 0.25) is 0 Å². The van der Waals surface area contributed by atoms with Crippen LogP contribution in [0.25, 0.3) is 0 Å². The highest BCUT2D eigenvalue weighted by Gasteiger charge is 2.05. The summed E-state index contributed by atoms with van der Waals surface area (Å²) in [6.07, 6.45) is 31.8. The maximum Gasteiger partial charge on any atom is 0.305 e. The molecule has 0 saturated heterocycles. The van der Waals surface area contributed by atoms with Crippen molar-refractivity contribution in [3.8, 4) is 0 Å². The molecule has 0 fully saturated rings. The van der Waals surface area contributed by atoms with E-state index in [1.54, 1.807) is 0 Å². The first-order valence-corrected chi connectivity index (χ1v) is 25.7. The van der Waals surface area contributed by atoms with Gasteiger partial charge in [0.25, 0.3) is 0 Å². The second-order valence-corrected chi connectivity index (χ2v) is 16.2. The molecule has 0 rings (SSSR count). The monoisotopic (exact) mass is 907 g/mol. The van der Waals surface area contributed by atoms with Crippen LogP contribution in [0, 0.1) is 0 Å². The zero-order valence-corrected chi connectivity index (χ0v) is 40.8. The van der Waals surface area contributed by atoms with Gasteiger partial charge in [-0.15, -0.1) is 0 Å². The highest BCUT2D eigenvalue weighted by molar-refractivity contribution is 5.69. The number of carbonyl (C=O) groups is 2. The van der Waals surface area contributed by atoms with Crippen molar-refractivity contribution >= 4 is 11.9 Å². The van der Waals surface area contributed by atoms with Crippen LogP contribution in [0.5, 0.6) is 0 Å². The first-order chi connectivity index (χ1) is 31.2. The summed E-state index contributed by atoms with van der Waals surface area (Å²) in [6.45, 7) is 13.6. The number of hydrogen-bond donors (Lipinski definition) is 0. The van der Waals surface area contributed by atoms with E-state index in [4.69, 9.17) is 52.1 Å². The van der Waals surface area contributed by atoms with Gasteiger partial charge in [0, 0.05) is 12.8 Å². The lowest BCUT2D eigenvalue weighted by Crippen LogP contribution is -2.15. The van der Waals surface area contributed by atoms with E-state index in [1.165, 1.54) is 128 Å². The van der Waals surface area contributed by atoms with E-state index in [1.807, 2.05) is 0 Å². The normalized spacial score (nSPS) is 11.5. The summed E-state index contributed by atoms with van der Waals surface area (Å²) in [4.78, 5) is 23.7. The van der Waals surface area contributed by atoms with E-state index in [0.29, 0.717) is 132 Å². The zero-order valence-electron chi connectivity index (χ0n) is 40.8. The van der Waals surface area contributed by atoms with Gasteiger partial charge in [-0.1, -0.05) is 155 Å². The molecule has 13 heteroatoms. The summed E-state index contributed by atoms with van der Waals surface area (Å²) in [7, 11) is 0. The molecule has 0 aliphatic rings. The number of carbonyl (C=O) groups excluding carboxylic acids is 2. The Labute approximate surface area is 385 Å². The van der Waals surface area contributed by atoms with Crippen LogP contribution < -0.4 is 0 Å². The van der Waals surface area contributed by atoms with Crippen molar-refractivity contribution in [3.05, 3.63) is 0 Å². The topological polar surface area (TPSA) is 136 Å². The standard InChI is InChI=1S/C50H98O13/c1-3-5-7-9-11-13-14-15-16-17-18-20-22-24-26-28-50(52)63-48-46-61-44-42-59-40-38-57-36-34-55-32-30-53-29-31-54-33-35-56-37-39-58-41-43-60-45-47-62-49(51)27-25-23-21-19-12-10-8-6-4-2/h3-48H2,1-2H3. The van der Waals surface area contributed by atoms with E-state index in [0.717, 1.165) is 25.7 Å². The maximum absolute atomic E-state index is 11.9. The largest absolute Gasteiger partial charge is 0.463 e. The fourth-order valence-corrected chi connectivity index (χ4v) is 6.66. The molecule has 0 N–H and O–H groups in total. The van der Waals surface area contributed by atoms with Crippen LogP contribution in [0.4, 0.5) is 0 Å². The Morgan fingerprint density at radius 2 is 0.381 bits per heavy atom. The summed E-state index contributed by atoms with van der Waals surface area (Å²) >= 11 is 0. The van der Waals surface area contributed by atoms with Gasteiger partial charge in [-0.2, -0.15) is 0 Å². The lowest BCUT2D eigenvalue weighted by atomic mass is 10.0. The minimum absolute atomic E-state index is 0.132. The van der Waals surface area contributed by atoms with Gasteiger partial charge in [0.1, 0.15) is 13.2 Å². The Morgan fingerprint density at radius 3 is 0.571 bits per heavy atom. The molecule has 0 radical (unpaired) electrons. The Bertz CT molecular complexity index is 881. The van der Waals surface area contributed by atoms with Crippen molar-refractivity contribution in [1.29, 1.82) is 0 Å². The SMILES string of the molecule is CCCCCCCCCCCCCCCCCC(=O)OCCOCCOCCOCCOCCOCCOCCOCCOCCOCCOC(=O)CCCCCCCCCCC. The summed E-state index contributed by atoms with van der Waals surface area (Å²) in [5, 5.41) is 0. The molecule has 376 valence electrons. The molecule has 0 amide bonds. The Balaban J connectivity index is 3.16. The van der Waals surface area contributed by atoms with Crippen LogP contribution in [0.3, 0.4) is 0 Å². The molecule has 13 nitrogen and oxygen atoms in total. The lowest BCUT2D eigenvalue weighted by Gasteiger charge is -2.09. The third-order valence-electron chi connectivity index (χ3n) is 10.4. The quantitative estimate of drug-likeness (QED) is 0.0423. The fourth-order valence-electron chi connectivity index (χ4n) is 6.66. The first kappa shape index (κ1) is 61.6. The number of unbranched alkanes of at least 4 members (excludes halogenated alkanes) is 22. The summed E-state index contributed by atoms with van der Waals surface area (Å²) in [5.74, 6) is -0.270. The van der Waals surface area contributed by atoms with Crippen molar-refractivity contribution in [2.45, 2.75) is 181 Å². The van der Waals surface area contributed by atoms with Gasteiger partial charge in [0.2, 0.25) is 0 Å². The molecular weight excluding hydrogens is 809 g/mol. The second-order valence-electron chi connectivity index (χ2n) is 16.2. The van der Waals surface area contributed by atoms with Crippen LogP contribution in [0.1, 0.15) is 181 Å². The van der Waals surface area contributed by atoms with Gasteiger partial charge in [-0.05, 0) is 12.8 Å². The van der Waals surface area contributed by atoms with Crippen LogP contribution in [-0.4, -0.2) is 144 Å². The van der Waals surface area contributed by atoms with E-state index in [-0.39, 0.29) is 25.2 Å². The van der Waals surface area contributed by atoms with Gasteiger partial charge in [-0.25, -0.2) is 0 Å². The molecule has 0 spiro atoms. The highest BCUT2D eigenvalue weighted by Crippen LogP contribution is 2.14. The molecule has 0 bridgehead atoms. The van der Waals surface area contributed by atoms with Gasteiger partial charge >= 0.3 is 11.9 Å². The van der Waals surface area contributed by atoms with Crippen molar-refractivity contribution in [2.75, 3.05) is 132 Å². The third-order valence-corrected chi connectivity index (χ3v) is 10.4. The van der Waals surface area contributed by atoms with E-state index < -0.39 is 0 Å². The van der Waals surface area contributed by atoms with Gasteiger partial charge < -0.3 is 52.1 Å². The second kappa shape index (κ2) is 56.7. The molecule has 0 aromatic heterocycles. The molecule has 0 heterocycles. The highest BCUT2D eigenvalue weighted by atomic mass is 16.6. The molecule has 0 unspecified atom stereocenters. The average Bonchev–Trinajstić information content (AvgIpc) is 3.29. The summed E-state index contributed by atoms with van der Waals surface area (Å²) in [6, 6.07) is 0. The number of hydrogen-bond acceptors (Lipinski definition) is 13. The Kier molecular flexibility index (Phi) is 55.4. The number of rotatable bonds is 56. The minimum atomic E-state index is -0.138. The summed E-state index contributed by atoms with van der Waals surface area (Å²) < 4.78 is 60.0. The van der Waals surface area contributed by atoms with Gasteiger partial charge in [0.15, 0.2) is 0 Å². The van der Waals surface area contributed by atoms with Gasteiger partial charge in [0.05, 0.1) is 119 Å². The maximum atomic E-state index is 11.9. The predicted molar refractivity (Wildman–Crippen MR) is 251 cm³/mol. The Morgan fingerprint density at radius 1 is 0.222 bits per heavy atom. The fraction of sp³-hybridized carbons (Fsp3) is 0.960. The zero-order chi connectivity index (χ0) is 45.5. The first-order valence-electron chi connectivity index (χ1n) is 25.7. The molecule has 0 aromatic carbocycles. The Hall–Kier alpha value is -1.42. The van der Waals surface area contributed by atoms with Crippen molar-refractivity contribution in [1.82, 2.24) is 0 Å². The van der Waals surface area contributed by atoms with Crippen molar-refractivity contribution < 1.29 is 61.7 Å². The van der Waals surface area contributed by atoms with Crippen LogP contribution in [0.15, 0.2) is 0 Å². The van der Waals surface area contributed by atoms with Gasteiger partial charge in [-0.3, -0.25) is 9.59 Å². The molecule has 0 aliphatic heterocycles. The molecule has 0 aromatic rings. The molecule has 0 aliphatic carbocycles. The van der Waals surface area contributed by atoms with E-state index in [9.17, 15) is 9.59 Å². The number of esters is 2. The predicted octanol–water partition coefficient (Wildman–Crippen LogP) is 10.4. The lowest BCUT2D eigenvalue weighted by molar-refractivity contribution is -0.146. The third kappa shape index (κ3) is 56.6. The smallest absolute Gasteiger partial charge is 0.305 e. The molecule has 0 atom stereocenters. The molecule has 63 heavy (non-hydrogen) atoms. The van der Waals surface area contributed by atoms with Crippen molar-refractivity contribution in [2.24, 2.45) is 0 Å². The minimum Gasteiger partial charge on any atom is -0.463 e. The van der Waals surface area contributed by atoms with Crippen LogP contribution in [-0.2, 0) is 61.7 Å². The van der Waals surface area contributed by atoms with E-state index >= 15 is 0 Å². The van der Waals surface area contributed by atoms with E-state index in [2.05, 4.69) is 13.8 Å². The molecule has 0 saturated carbocycles.